The number of amides is 2. The van der Waals surface area contributed by atoms with Gasteiger partial charge in [-0.15, -0.1) is 0 Å². The summed E-state index contributed by atoms with van der Waals surface area (Å²) in [7, 11) is 0. The molecule has 0 unspecified atom stereocenters. The van der Waals surface area contributed by atoms with Crippen molar-refractivity contribution in [2.75, 3.05) is 5.32 Å². The van der Waals surface area contributed by atoms with Gasteiger partial charge in [-0.1, -0.05) is 39.4 Å². The number of nitrogens with one attached hydrogen (secondary N) is 1. The number of nitrogens with zero attached hydrogens (tertiary/aromatic N) is 1. The van der Waals surface area contributed by atoms with E-state index >= 15 is 0 Å². The van der Waals surface area contributed by atoms with Crippen LogP contribution in [0.15, 0.2) is 34.9 Å². The molecule has 3 N–H and O–H groups in total. The highest BCUT2D eigenvalue weighted by molar-refractivity contribution is 9.10. The molecule has 0 saturated heterocycles. The number of thiazole rings is 1. The Morgan fingerprint density at radius 1 is 1.23 bits per heavy atom. The van der Waals surface area contributed by atoms with Crippen molar-refractivity contribution in [1.29, 1.82) is 0 Å². The maximum absolute atomic E-state index is 11.8. The fourth-order valence-corrected chi connectivity index (χ4v) is 2.84. The van der Waals surface area contributed by atoms with Crippen LogP contribution in [-0.2, 0) is 11.2 Å². The number of nitrogens with two attached hydrogens (primary N) is 1. The highest BCUT2D eigenvalue weighted by Gasteiger charge is 2.09. The van der Waals surface area contributed by atoms with E-state index in [1.54, 1.807) is 0 Å². The van der Waals surface area contributed by atoms with E-state index in [4.69, 9.17) is 5.73 Å². The standard InChI is InChI=1S/C15H16BrN3O2S/c16-11-7-5-10(6-8-11)3-1-2-4-13(20)19-15-18-9-12(22-15)14(17)21/h5-9H,1-4H2,(H2,17,21)(H,18,19,20). The minimum absolute atomic E-state index is 0.0961. The van der Waals surface area contributed by atoms with Crippen LogP contribution in [0.5, 0.6) is 0 Å². The second-order valence-corrected chi connectivity index (χ2v) is 6.72. The lowest BCUT2D eigenvalue weighted by Crippen LogP contribution is -2.11. The number of rotatable bonds is 7. The van der Waals surface area contributed by atoms with Crippen molar-refractivity contribution in [3.8, 4) is 0 Å². The third-order valence-electron chi connectivity index (χ3n) is 3.03. The lowest BCUT2D eigenvalue weighted by molar-refractivity contribution is -0.116. The minimum atomic E-state index is -0.535. The lowest BCUT2D eigenvalue weighted by Gasteiger charge is -2.03. The number of hydrogen-bond donors (Lipinski definition) is 2. The third kappa shape index (κ3) is 5.23. The molecular weight excluding hydrogens is 366 g/mol. The van der Waals surface area contributed by atoms with Crippen LogP contribution in [-0.4, -0.2) is 16.8 Å². The Balaban J connectivity index is 1.69. The molecule has 0 aliphatic heterocycles. The summed E-state index contributed by atoms with van der Waals surface area (Å²) in [5.41, 5.74) is 6.40. The number of primary amides is 1. The van der Waals surface area contributed by atoms with Gasteiger partial charge in [0.15, 0.2) is 5.13 Å². The zero-order valence-corrected chi connectivity index (χ0v) is 14.2. The molecule has 5 nitrogen and oxygen atoms in total. The van der Waals surface area contributed by atoms with Gasteiger partial charge in [0.1, 0.15) is 4.88 Å². The van der Waals surface area contributed by atoms with Crippen LogP contribution in [0.4, 0.5) is 5.13 Å². The van der Waals surface area contributed by atoms with Gasteiger partial charge in [0.25, 0.3) is 5.91 Å². The summed E-state index contributed by atoms with van der Waals surface area (Å²) >= 11 is 4.49. The van der Waals surface area contributed by atoms with E-state index in [-0.39, 0.29) is 5.91 Å². The van der Waals surface area contributed by atoms with E-state index < -0.39 is 5.91 Å². The highest BCUT2D eigenvalue weighted by Crippen LogP contribution is 2.18. The fourth-order valence-electron chi connectivity index (χ4n) is 1.89. The van der Waals surface area contributed by atoms with Crippen LogP contribution < -0.4 is 11.1 Å². The van der Waals surface area contributed by atoms with Crippen molar-refractivity contribution in [3.05, 3.63) is 45.4 Å². The molecule has 1 heterocycles. The largest absolute Gasteiger partial charge is 0.365 e. The molecule has 0 saturated carbocycles. The Bertz CT molecular complexity index is 655. The van der Waals surface area contributed by atoms with Gasteiger partial charge in [-0.2, -0.15) is 0 Å². The molecule has 1 aromatic heterocycles. The normalized spacial score (nSPS) is 10.4. The molecule has 2 aromatic rings. The molecule has 0 atom stereocenters. The molecule has 2 amide bonds. The van der Waals surface area contributed by atoms with Crippen molar-refractivity contribution >= 4 is 44.2 Å². The number of halogens is 1. The minimum Gasteiger partial charge on any atom is -0.365 e. The molecule has 0 bridgehead atoms. The topological polar surface area (TPSA) is 85.1 Å². The Morgan fingerprint density at radius 3 is 2.59 bits per heavy atom. The summed E-state index contributed by atoms with van der Waals surface area (Å²) < 4.78 is 1.06. The van der Waals surface area contributed by atoms with Crippen LogP contribution in [0.25, 0.3) is 0 Å². The summed E-state index contributed by atoms with van der Waals surface area (Å²) in [6.07, 6.45) is 4.50. The van der Waals surface area contributed by atoms with Crippen molar-refractivity contribution < 1.29 is 9.59 Å². The number of unbranched alkanes of at least 4 members (excludes halogenated alkanes) is 1. The summed E-state index contributed by atoms with van der Waals surface area (Å²) in [6, 6.07) is 8.18. The van der Waals surface area contributed by atoms with Gasteiger partial charge >= 0.3 is 0 Å². The second kappa shape index (κ2) is 8.05. The van der Waals surface area contributed by atoms with Gasteiger partial charge in [0.05, 0.1) is 6.20 Å². The predicted octanol–water partition coefficient (Wildman–Crippen LogP) is 3.36. The first-order chi connectivity index (χ1) is 10.5. The summed E-state index contributed by atoms with van der Waals surface area (Å²) in [5.74, 6) is -0.631. The molecule has 22 heavy (non-hydrogen) atoms. The zero-order chi connectivity index (χ0) is 15.9. The zero-order valence-electron chi connectivity index (χ0n) is 11.8. The molecule has 2 rings (SSSR count). The average molecular weight is 382 g/mol. The number of aromatic nitrogens is 1. The Kier molecular flexibility index (Phi) is 6.09. The van der Waals surface area contributed by atoms with Crippen molar-refractivity contribution in [3.63, 3.8) is 0 Å². The van der Waals surface area contributed by atoms with Crippen molar-refractivity contribution in [2.24, 2.45) is 5.73 Å². The van der Waals surface area contributed by atoms with Crippen LogP contribution in [0.1, 0.15) is 34.5 Å². The number of carbonyl (C=O) groups is 2. The monoisotopic (exact) mass is 381 g/mol. The predicted molar refractivity (Wildman–Crippen MR) is 91.0 cm³/mol. The van der Waals surface area contributed by atoms with E-state index in [2.05, 4.69) is 38.4 Å². The van der Waals surface area contributed by atoms with Gasteiger partial charge in [-0.25, -0.2) is 4.98 Å². The van der Waals surface area contributed by atoms with Crippen LogP contribution in [0, 0.1) is 0 Å². The molecule has 7 heteroatoms. The van der Waals surface area contributed by atoms with Gasteiger partial charge in [-0.05, 0) is 37.0 Å². The summed E-state index contributed by atoms with van der Waals surface area (Å²) in [4.78, 5) is 27.0. The Hall–Kier alpha value is -1.73. The molecular formula is C15H16BrN3O2S. The summed E-state index contributed by atoms with van der Waals surface area (Å²) in [5, 5.41) is 3.09. The van der Waals surface area contributed by atoms with Gasteiger partial charge in [0, 0.05) is 10.9 Å². The molecule has 0 fully saturated rings. The third-order valence-corrected chi connectivity index (χ3v) is 4.48. The highest BCUT2D eigenvalue weighted by atomic mass is 79.9. The van der Waals surface area contributed by atoms with Crippen LogP contribution >= 0.6 is 27.3 Å². The number of aryl methyl sites for hydroxylation is 1. The maximum Gasteiger partial charge on any atom is 0.260 e. The van der Waals surface area contributed by atoms with E-state index in [0.717, 1.165) is 35.1 Å². The Labute approximate surface area is 141 Å². The molecule has 0 aliphatic rings. The number of benzene rings is 1. The molecule has 116 valence electrons. The van der Waals surface area contributed by atoms with Crippen molar-refractivity contribution in [1.82, 2.24) is 4.98 Å². The number of anilines is 1. The molecule has 0 aliphatic carbocycles. The molecule has 1 aromatic carbocycles. The summed E-state index contributed by atoms with van der Waals surface area (Å²) in [6.45, 7) is 0. The lowest BCUT2D eigenvalue weighted by atomic mass is 10.1. The molecule has 0 spiro atoms. The van der Waals surface area contributed by atoms with Crippen molar-refractivity contribution in [2.45, 2.75) is 25.7 Å². The van der Waals surface area contributed by atoms with E-state index in [0.29, 0.717) is 16.4 Å². The van der Waals surface area contributed by atoms with E-state index in [9.17, 15) is 9.59 Å². The quantitative estimate of drug-likeness (QED) is 0.720. The second-order valence-electron chi connectivity index (χ2n) is 4.78. The van der Waals surface area contributed by atoms with E-state index in [1.807, 2.05) is 12.1 Å². The first kappa shape index (κ1) is 16.6. The van der Waals surface area contributed by atoms with Gasteiger partial charge < -0.3 is 11.1 Å². The maximum atomic E-state index is 11.8. The average Bonchev–Trinajstić information content (AvgIpc) is 2.94. The number of carbonyl (C=O) groups excluding carboxylic acids is 2. The number of hydrogen-bond acceptors (Lipinski definition) is 4. The van der Waals surface area contributed by atoms with Crippen LogP contribution in [0.3, 0.4) is 0 Å². The Morgan fingerprint density at radius 2 is 1.95 bits per heavy atom. The first-order valence-corrected chi connectivity index (χ1v) is 8.45. The first-order valence-electron chi connectivity index (χ1n) is 6.84. The fraction of sp³-hybridized carbons (Fsp3) is 0.267. The van der Waals surface area contributed by atoms with Crippen LogP contribution in [0.2, 0.25) is 0 Å². The van der Waals surface area contributed by atoms with E-state index in [1.165, 1.54) is 11.8 Å². The van der Waals surface area contributed by atoms with Gasteiger partial charge in [-0.3, -0.25) is 9.59 Å². The molecule has 0 radical (unpaired) electrons. The SMILES string of the molecule is NC(=O)c1cnc(NC(=O)CCCCc2ccc(Br)cc2)s1. The van der Waals surface area contributed by atoms with Gasteiger partial charge in [0.2, 0.25) is 5.91 Å². The smallest absolute Gasteiger partial charge is 0.260 e.